The van der Waals surface area contributed by atoms with E-state index in [1.54, 1.807) is 24.3 Å². The fourth-order valence-electron chi connectivity index (χ4n) is 1.24. The van der Waals surface area contributed by atoms with Gasteiger partial charge in [0.05, 0.1) is 22.5 Å². The summed E-state index contributed by atoms with van der Waals surface area (Å²) in [4.78, 5) is 11.5. The first-order chi connectivity index (χ1) is 8.68. The summed E-state index contributed by atoms with van der Waals surface area (Å²) in [6.07, 6.45) is 2.82. The maximum absolute atomic E-state index is 11.5. The minimum Gasteiger partial charge on any atom is -0.459 e. The number of hydrazone groups is 1. The molecule has 0 bridgehead atoms. The van der Waals surface area contributed by atoms with Crippen molar-refractivity contribution in [3.8, 4) is 0 Å². The van der Waals surface area contributed by atoms with Gasteiger partial charge in [0.25, 0.3) is 0 Å². The molecule has 0 unspecified atom stereocenters. The fourth-order valence-corrected chi connectivity index (χ4v) is 1.60. The normalized spacial score (nSPS) is 10.8. The summed E-state index contributed by atoms with van der Waals surface area (Å²) in [5.41, 5.74) is 2.93. The second-order valence-electron chi connectivity index (χ2n) is 3.32. The number of rotatable bonds is 3. The van der Waals surface area contributed by atoms with Gasteiger partial charge < -0.3 is 4.42 Å². The monoisotopic (exact) mass is 282 g/mol. The number of nitrogens with one attached hydrogen (secondary N) is 1. The summed E-state index contributed by atoms with van der Waals surface area (Å²) in [7, 11) is 0. The molecule has 1 N–H and O–H groups in total. The van der Waals surface area contributed by atoms with E-state index < -0.39 is 5.91 Å². The third-order valence-electron chi connectivity index (χ3n) is 2.10. The number of hydrogen-bond donors (Lipinski definition) is 1. The quantitative estimate of drug-likeness (QED) is 0.693. The molecule has 0 saturated heterocycles. The molecule has 2 rings (SSSR count). The van der Waals surface area contributed by atoms with Crippen LogP contribution in [0.5, 0.6) is 0 Å². The molecule has 0 aliphatic carbocycles. The molecule has 4 nitrogen and oxygen atoms in total. The Morgan fingerprint density at radius 2 is 2.11 bits per heavy atom. The van der Waals surface area contributed by atoms with Gasteiger partial charge in [0.1, 0.15) is 0 Å². The third-order valence-corrected chi connectivity index (χ3v) is 2.93. The zero-order chi connectivity index (χ0) is 13.0. The van der Waals surface area contributed by atoms with Crippen molar-refractivity contribution < 1.29 is 9.21 Å². The highest BCUT2D eigenvalue weighted by Crippen LogP contribution is 2.24. The predicted octanol–water partition coefficient (Wildman–Crippen LogP) is 3.35. The molecular formula is C12H8Cl2N2O2. The molecule has 0 saturated carbocycles. The molecule has 1 aromatic heterocycles. The Kier molecular flexibility index (Phi) is 4.02. The average molecular weight is 283 g/mol. The highest BCUT2D eigenvalue weighted by Gasteiger charge is 2.06. The Labute approximate surface area is 113 Å². The van der Waals surface area contributed by atoms with E-state index in [0.29, 0.717) is 15.6 Å². The van der Waals surface area contributed by atoms with Gasteiger partial charge in [0.2, 0.25) is 0 Å². The van der Waals surface area contributed by atoms with E-state index in [1.807, 2.05) is 0 Å². The van der Waals surface area contributed by atoms with E-state index in [2.05, 4.69) is 10.5 Å². The molecule has 2 aromatic rings. The van der Waals surface area contributed by atoms with Crippen LogP contribution < -0.4 is 5.43 Å². The molecule has 0 aliphatic heterocycles. The van der Waals surface area contributed by atoms with Gasteiger partial charge >= 0.3 is 5.91 Å². The van der Waals surface area contributed by atoms with Crippen LogP contribution in [0.2, 0.25) is 10.0 Å². The highest BCUT2D eigenvalue weighted by atomic mass is 35.5. The number of furan rings is 1. The Bertz CT molecular complexity index is 580. The van der Waals surface area contributed by atoms with E-state index in [1.165, 1.54) is 18.5 Å². The van der Waals surface area contributed by atoms with Gasteiger partial charge in [0.15, 0.2) is 5.76 Å². The molecule has 1 aromatic carbocycles. The SMILES string of the molecule is O=C(N/N=C/c1cccc(Cl)c1Cl)c1ccco1. The lowest BCUT2D eigenvalue weighted by Gasteiger charge is -1.99. The third kappa shape index (κ3) is 2.91. The summed E-state index contributed by atoms with van der Waals surface area (Å²) >= 11 is 11.8. The van der Waals surface area contributed by atoms with Crippen molar-refractivity contribution in [3.05, 3.63) is 58.0 Å². The zero-order valence-electron chi connectivity index (χ0n) is 9.06. The van der Waals surface area contributed by atoms with Crippen molar-refractivity contribution in [1.29, 1.82) is 0 Å². The Hall–Kier alpha value is -1.78. The van der Waals surface area contributed by atoms with Crippen LogP contribution in [-0.4, -0.2) is 12.1 Å². The van der Waals surface area contributed by atoms with Crippen LogP contribution in [0.4, 0.5) is 0 Å². The van der Waals surface area contributed by atoms with Crippen molar-refractivity contribution >= 4 is 35.3 Å². The lowest BCUT2D eigenvalue weighted by atomic mass is 10.2. The molecule has 0 spiro atoms. The first-order valence-electron chi connectivity index (χ1n) is 4.99. The lowest BCUT2D eigenvalue weighted by molar-refractivity contribution is 0.0927. The molecular weight excluding hydrogens is 275 g/mol. The number of carbonyl (C=O) groups excluding carboxylic acids is 1. The average Bonchev–Trinajstić information content (AvgIpc) is 2.88. The van der Waals surface area contributed by atoms with Crippen LogP contribution in [0.1, 0.15) is 16.1 Å². The molecule has 92 valence electrons. The molecule has 6 heteroatoms. The summed E-state index contributed by atoms with van der Waals surface area (Å²) in [6, 6.07) is 8.30. The van der Waals surface area contributed by atoms with Crippen molar-refractivity contribution in [2.24, 2.45) is 5.10 Å². The summed E-state index contributed by atoms with van der Waals surface area (Å²) < 4.78 is 4.91. The second-order valence-corrected chi connectivity index (χ2v) is 4.10. The summed E-state index contributed by atoms with van der Waals surface area (Å²) in [5.74, 6) is -0.251. The molecule has 1 amide bonds. The van der Waals surface area contributed by atoms with Crippen LogP contribution in [0.25, 0.3) is 0 Å². The van der Waals surface area contributed by atoms with E-state index in [0.717, 1.165) is 0 Å². The highest BCUT2D eigenvalue weighted by molar-refractivity contribution is 6.43. The molecule has 1 heterocycles. The molecule has 0 atom stereocenters. The van der Waals surface area contributed by atoms with Crippen molar-refractivity contribution in [1.82, 2.24) is 5.43 Å². The first kappa shape index (κ1) is 12.7. The van der Waals surface area contributed by atoms with E-state index in [4.69, 9.17) is 27.6 Å². The maximum Gasteiger partial charge on any atom is 0.307 e. The molecule has 0 radical (unpaired) electrons. The van der Waals surface area contributed by atoms with Gasteiger partial charge in [-0.1, -0.05) is 35.3 Å². The summed E-state index contributed by atoms with van der Waals surface area (Å²) in [6.45, 7) is 0. The second kappa shape index (κ2) is 5.71. The topological polar surface area (TPSA) is 54.6 Å². The Morgan fingerprint density at radius 1 is 1.28 bits per heavy atom. The number of nitrogens with zero attached hydrogens (tertiary/aromatic N) is 1. The Morgan fingerprint density at radius 3 is 2.83 bits per heavy atom. The standard InChI is InChI=1S/C12H8Cl2N2O2/c13-9-4-1-3-8(11(9)14)7-15-16-12(17)10-5-2-6-18-10/h1-7H,(H,16,17)/b15-7+. The van der Waals surface area contributed by atoms with Gasteiger partial charge in [0, 0.05) is 5.56 Å². The van der Waals surface area contributed by atoms with Gasteiger partial charge in [-0.25, -0.2) is 5.43 Å². The number of halogens is 2. The van der Waals surface area contributed by atoms with E-state index >= 15 is 0 Å². The fraction of sp³-hybridized carbons (Fsp3) is 0. The lowest BCUT2D eigenvalue weighted by Crippen LogP contribution is -2.16. The first-order valence-corrected chi connectivity index (χ1v) is 5.75. The maximum atomic E-state index is 11.5. The molecule has 0 aliphatic rings. The smallest absolute Gasteiger partial charge is 0.307 e. The number of benzene rings is 1. The van der Waals surface area contributed by atoms with E-state index in [-0.39, 0.29) is 5.76 Å². The summed E-state index contributed by atoms with van der Waals surface area (Å²) in [5, 5.41) is 4.58. The number of hydrogen-bond acceptors (Lipinski definition) is 3. The largest absolute Gasteiger partial charge is 0.459 e. The van der Waals surface area contributed by atoms with Gasteiger partial charge in [-0.2, -0.15) is 5.10 Å². The van der Waals surface area contributed by atoms with Crippen molar-refractivity contribution in [3.63, 3.8) is 0 Å². The Balaban J connectivity index is 2.04. The number of carbonyl (C=O) groups is 1. The van der Waals surface area contributed by atoms with Crippen LogP contribution in [-0.2, 0) is 0 Å². The van der Waals surface area contributed by atoms with Gasteiger partial charge in [-0.3, -0.25) is 4.79 Å². The molecule has 0 fully saturated rings. The van der Waals surface area contributed by atoms with Crippen molar-refractivity contribution in [2.75, 3.05) is 0 Å². The van der Waals surface area contributed by atoms with Gasteiger partial charge in [-0.05, 0) is 18.2 Å². The van der Waals surface area contributed by atoms with Crippen LogP contribution in [0.3, 0.4) is 0 Å². The van der Waals surface area contributed by atoms with E-state index in [9.17, 15) is 4.79 Å². The van der Waals surface area contributed by atoms with Crippen LogP contribution >= 0.6 is 23.2 Å². The minimum absolute atomic E-state index is 0.185. The minimum atomic E-state index is -0.436. The van der Waals surface area contributed by atoms with Crippen LogP contribution in [0.15, 0.2) is 46.1 Å². The van der Waals surface area contributed by atoms with Crippen molar-refractivity contribution in [2.45, 2.75) is 0 Å². The predicted molar refractivity (Wildman–Crippen MR) is 70.2 cm³/mol. The number of amides is 1. The van der Waals surface area contributed by atoms with Gasteiger partial charge in [-0.15, -0.1) is 0 Å². The molecule has 18 heavy (non-hydrogen) atoms. The van der Waals surface area contributed by atoms with Crippen LogP contribution in [0, 0.1) is 0 Å². The zero-order valence-corrected chi connectivity index (χ0v) is 10.6.